The Morgan fingerprint density at radius 2 is 1.96 bits per heavy atom. The third-order valence-corrected chi connectivity index (χ3v) is 5.51. The van der Waals surface area contributed by atoms with Gasteiger partial charge in [0, 0.05) is 41.9 Å². The van der Waals surface area contributed by atoms with Gasteiger partial charge in [-0.2, -0.15) is 0 Å². The molecule has 3 amide bonds. The Bertz CT molecular complexity index is 867. The fourth-order valence-electron chi connectivity index (χ4n) is 3.34. The molecule has 2 aromatic rings. The summed E-state index contributed by atoms with van der Waals surface area (Å²) >= 11 is 5.98. The Balaban J connectivity index is 1.90. The average Bonchev–Trinajstić information content (AvgIpc) is 3.12. The zero-order valence-corrected chi connectivity index (χ0v) is 17.3. The molecule has 28 heavy (non-hydrogen) atoms. The van der Waals surface area contributed by atoms with Crippen LogP contribution in [-0.2, 0) is 6.54 Å². The van der Waals surface area contributed by atoms with Gasteiger partial charge >= 0.3 is 6.03 Å². The predicted octanol–water partition coefficient (Wildman–Crippen LogP) is 4.62. The predicted molar refractivity (Wildman–Crippen MR) is 113 cm³/mol. The molecule has 0 spiro atoms. The second kappa shape index (κ2) is 8.65. The van der Waals surface area contributed by atoms with Crippen molar-refractivity contribution in [3.8, 4) is 0 Å². The number of carbonyl (C=O) groups is 2. The van der Waals surface area contributed by atoms with Gasteiger partial charge in [-0.1, -0.05) is 36.7 Å². The molecule has 6 heteroatoms. The van der Waals surface area contributed by atoms with Gasteiger partial charge in [0.25, 0.3) is 5.91 Å². The summed E-state index contributed by atoms with van der Waals surface area (Å²) in [4.78, 5) is 29.0. The molecule has 1 aliphatic rings. The van der Waals surface area contributed by atoms with E-state index in [9.17, 15) is 9.59 Å². The highest BCUT2D eigenvalue weighted by atomic mass is 35.5. The van der Waals surface area contributed by atoms with Crippen LogP contribution in [0.15, 0.2) is 42.5 Å². The van der Waals surface area contributed by atoms with E-state index in [1.54, 1.807) is 4.90 Å². The molecule has 0 bridgehead atoms. The van der Waals surface area contributed by atoms with Crippen molar-refractivity contribution < 1.29 is 9.59 Å². The number of carbonyl (C=O) groups excluding carboxylic acids is 2. The van der Waals surface area contributed by atoms with E-state index in [2.05, 4.69) is 19.2 Å². The Morgan fingerprint density at radius 1 is 1.25 bits per heavy atom. The number of benzene rings is 2. The molecule has 1 heterocycles. The molecule has 148 valence electrons. The van der Waals surface area contributed by atoms with E-state index in [-0.39, 0.29) is 18.0 Å². The Kier molecular flexibility index (Phi) is 6.25. The van der Waals surface area contributed by atoms with Crippen LogP contribution >= 0.6 is 11.6 Å². The van der Waals surface area contributed by atoms with Crippen LogP contribution in [0.2, 0.25) is 5.02 Å². The van der Waals surface area contributed by atoms with Gasteiger partial charge in [0.2, 0.25) is 0 Å². The first-order valence-electron chi connectivity index (χ1n) is 9.62. The average molecular weight is 400 g/mol. The van der Waals surface area contributed by atoms with Gasteiger partial charge in [0.15, 0.2) is 0 Å². The topological polar surface area (TPSA) is 52.7 Å². The van der Waals surface area contributed by atoms with E-state index in [1.165, 1.54) is 0 Å². The van der Waals surface area contributed by atoms with Crippen LogP contribution in [0, 0.1) is 6.92 Å². The van der Waals surface area contributed by atoms with Gasteiger partial charge in [-0.05, 0) is 55.7 Å². The molecule has 0 radical (unpaired) electrons. The second-order valence-corrected chi connectivity index (χ2v) is 7.64. The monoisotopic (exact) mass is 399 g/mol. The Morgan fingerprint density at radius 3 is 2.57 bits per heavy atom. The number of aryl methyl sites for hydroxylation is 1. The minimum absolute atomic E-state index is 0.0369. The lowest BCUT2D eigenvalue weighted by atomic mass is 10.1. The molecule has 2 aromatic carbocycles. The Labute approximate surface area is 171 Å². The highest BCUT2D eigenvalue weighted by Crippen LogP contribution is 2.25. The SMILES string of the molecule is CC[C@@H](C)N(Cc1ccc(Cl)cc1)C(=O)c1ccc(C)c(N2CCNC2=O)c1. The number of rotatable bonds is 6. The summed E-state index contributed by atoms with van der Waals surface area (Å²) in [5.74, 6) is -0.0369. The Hall–Kier alpha value is -2.53. The molecule has 0 aromatic heterocycles. The molecule has 1 atom stereocenters. The fourth-order valence-corrected chi connectivity index (χ4v) is 3.46. The lowest BCUT2D eigenvalue weighted by Gasteiger charge is -2.29. The maximum absolute atomic E-state index is 13.4. The third kappa shape index (κ3) is 4.30. The van der Waals surface area contributed by atoms with Crippen LogP contribution in [0.5, 0.6) is 0 Å². The highest BCUT2D eigenvalue weighted by Gasteiger charge is 2.26. The number of nitrogens with one attached hydrogen (secondary N) is 1. The molecule has 1 fully saturated rings. The number of nitrogens with zero attached hydrogens (tertiary/aromatic N) is 2. The van der Waals surface area contributed by atoms with E-state index in [0.717, 1.165) is 23.2 Å². The normalized spacial score (nSPS) is 14.7. The van der Waals surface area contributed by atoms with Gasteiger partial charge in [-0.15, -0.1) is 0 Å². The number of halogens is 1. The van der Waals surface area contributed by atoms with Gasteiger partial charge < -0.3 is 10.2 Å². The number of hydrogen-bond donors (Lipinski definition) is 1. The number of hydrogen-bond acceptors (Lipinski definition) is 2. The first-order valence-corrected chi connectivity index (χ1v) is 10.00. The number of anilines is 1. The fraction of sp³-hybridized carbons (Fsp3) is 0.364. The molecular formula is C22H26ClN3O2. The second-order valence-electron chi connectivity index (χ2n) is 7.20. The van der Waals surface area contributed by atoms with Crippen molar-refractivity contribution in [3.63, 3.8) is 0 Å². The van der Waals surface area contributed by atoms with Crippen LogP contribution < -0.4 is 10.2 Å². The van der Waals surface area contributed by atoms with E-state index >= 15 is 0 Å². The van der Waals surface area contributed by atoms with Crippen molar-refractivity contribution in [1.82, 2.24) is 10.2 Å². The number of amides is 3. The molecule has 1 aliphatic heterocycles. The molecular weight excluding hydrogens is 374 g/mol. The van der Waals surface area contributed by atoms with Crippen molar-refractivity contribution in [3.05, 3.63) is 64.2 Å². The van der Waals surface area contributed by atoms with Gasteiger partial charge in [0.1, 0.15) is 0 Å². The van der Waals surface area contributed by atoms with Crippen molar-refractivity contribution in [2.75, 3.05) is 18.0 Å². The molecule has 0 unspecified atom stereocenters. The van der Waals surface area contributed by atoms with E-state index in [1.807, 2.05) is 54.3 Å². The first-order chi connectivity index (χ1) is 13.4. The summed E-state index contributed by atoms with van der Waals surface area (Å²) < 4.78 is 0. The zero-order chi connectivity index (χ0) is 20.3. The van der Waals surface area contributed by atoms with Gasteiger partial charge in [0.05, 0.1) is 0 Å². The van der Waals surface area contributed by atoms with Crippen LogP contribution in [0.3, 0.4) is 0 Å². The molecule has 1 N–H and O–H groups in total. The third-order valence-electron chi connectivity index (χ3n) is 5.25. The van der Waals surface area contributed by atoms with Gasteiger partial charge in [-0.3, -0.25) is 9.69 Å². The summed E-state index contributed by atoms with van der Waals surface area (Å²) in [5, 5.41) is 3.49. The molecule has 1 saturated heterocycles. The minimum Gasteiger partial charge on any atom is -0.336 e. The van der Waals surface area contributed by atoms with E-state index in [0.29, 0.717) is 30.2 Å². The standard InChI is InChI=1S/C22H26ClN3O2/c1-4-16(3)26(14-17-6-9-19(23)10-7-17)21(27)18-8-5-15(2)20(13-18)25-12-11-24-22(25)28/h5-10,13,16H,4,11-12,14H2,1-3H3,(H,24,28)/t16-/m1/s1. The maximum Gasteiger partial charge on any atom is 0.322 e. The summed E-state index contributed by atoms with van der Waals surface area (Å²) in [6.45, 7) is 7.82. The van der Waals surface area contributed by atoms with Crippen molar-refractivity contribution in [2.45, 2.75) is 39.8 Å². The lowest BCUT2D eigenvalue weighted by molar-refractivity contribution is 0.0671. The van der Waals surface area contributed by atoms with E-state index < -0.39 is 0 Å². The largest absolute Gasteiger partial charge is 0.336 e. The molecule has 3 rings (SSSR count). The smallest absolute Gasteiger partial charge is 0.322 e. The highest BCUT2D eigenvalue weighted by molar-refractivity contribution is 6.30. The zero-order valence-electron chi connectivity index (χ0n) is 16.5. The van der Waals surface area contributed by atoms with Crippen LogP contribution in [-0.4, -0.2) is 36.0 Å². The summed E-state index contributed by atoms with van der Waals surface area (Å²) in [6.07, 6.45) is 0.854. The van der Waals surface area contributed by atoms with Crippen LogP contribution in [0.1, 0.15) is 41.8 Å². The quantitative estimate of drug-likeness (QED) is 0.770. The molecule has 0 aliphatic carbocycles. The lowest BCUT2D eigenvalue weighted by Crippen LogP contribution is -2.38. The van der Waals surface area contributed by atoms with Crippen LogP contribution in [0.4, 0.5) is 10.5 Å². The first kappa shape index (κ1) is 20.2. The summed E-state index contributed by atoms with van der Waals surface area (Å²) in [7, 11) is 0. The van der Waals surface area contributed by atoms with Crippen molar-refractivity contribution in [1.29, 1.82) is 0 Å². The molecule has 0 saturated carbocycles. The maximum atomic E-state index is 13.4. The van der Waals surface area contributed by atoms with Crippen molar-refractivity contribution >= 4 is 29.2 Å². The van der Waals surface area contributed by atoms with E-state index in [4.69, 9.17) is 11.6 Å². The summed E-state index contributed by atoms with van der Waals surface area (Å²) in [5.41, 5.74) is 3.39. The minimum atomic E-state index is -0.118. The molecule has 5 nitrogen and oxygen atoms in total. The number of urea groups is 1. The summed E-state index contributed by atoms with van der Waals surface area (Å²) in [6, 6.07) is 13.1. The van der Waals surface area contributed by atoms with Gasteiger partial charge in [-0.25, -0.2) is 4.79 Å². The van der Waals surface area contributed by atoms with Crippen LogP contribution in [0.25, 0.3) is 0 Å². The van der Waals surface area contributed by atoms with Crippen molar-refractivity contribution in [2.24, 2.45) is 0 Å².